The Balaban J connectivity index is 2.61. The van der Waals surface area contributed by atoms with Gasteiger partial charge < -0.3 is 15.8 Å². The molecule has 0 aliphatic carbocycles. The zero-order valence-corrected chi connectivity index (χ0v) is 11.2. The molecule has 1 aromatic heterocycles. The van der Waals surface area contributed by atoms with Crippen molar-refractivity contribution >= 4 is 11.5 Å². The highest BCUT2D eigenvalue weighted by atomic mass is 16.5. The summed E-state index contributed by atoms with van der Waals surface area (Å²) in [5, 5.41) is 11.9. The van der Waals surface area contributed by atoms with Crippen molar-refractivity contribution < 1.29 is 4.74 Å². The second kappa shape index (κ2) is 6.22. The average Bonchev–Trinajstić information content (AvgIpc) is 2.35. The summed E-state index contributed by atoms with van der Waals surface area (Å²) >= 11 is 0. The Bertz CT molecular complexity index is 437. The van der Waals surface area contributed by atoms with Crippen LogP contribution in [0.15, 0.2) is 12.3 Å². The van der Waals surface area contributed by atoms with Gasteiger partial charge in [0, 0.05) is 26.5 Å². The first kappa shape index (κ1) is 14.3. The lowest BCUT2D eigenvalue weighted by molar-refractivity contribution is 0.157. The first-order valence-electron chi connectivity index (χ1n) is 5.87. The van der Waals surface area contributed by atoms with Crippen LogP contribution < -0.4 is 11.1 Å². The van der Waals surface area contributed by atoms with Crippen LogP contribution in [0.3, 0.4) is 0 Å². The summed E-state index contributed by atoms with van der Waals surface area (Å²) in [4.78, 5) is 4.14. The van der Waals surface area contributed by atoms with Gasteiger partial charge in [-0.2, -0.15) is 5.26 Å². The van der Waals surface area contributed by atoms with Crippen molar-refractivity contribution in [3.8, 4) is 6.07 Å². The summed E-state index contributed by atoms with van der Waals surface area (Å²) in [6.45, 7) is 5.78. The number of nitrogens with one attached hydrogen (secondary N) is 1. The predicted octanol–water partition coefficient (Wildman–Crippen LogP) is 2.01. The standard InChI is InChI=1S/C13H20N4O/c1-13(2,4-5-18-3)9-17-12-11(15)6-10(7-14)8-16-12/h6,8H,4-5,9,15H2,1-3H3,(H,16,17). The molecular weight excluding hydrogens is 228 g/mol. The van der Waals surface area contributed by atoms with Gasteiger partial charge in [-0.1, -0.05) is 13.8 Å². The molecule has 0 amide bonds. The third kappa shape index (κ3) is 4.22. The van der Waals surface area contributed by atoms with E-state index in [4.69, 9.17) is 15.7 Å². The lowest BCUT2D eigenvalue weighted by Gasteiger charge is -2.25. The average molecular weight is 248 g/mol. The molecule has 18 heavy (non-hydrogen) atoms. The molecule has 0 fully saturated rings. The van der Waals surface area contributed by atoms with E-state index in [9.17, 15) is 0 Å². The van der Waals surface area contributed by atoms with Crippen LogP contribution in [0.2, 0.25) is 0 Å². The van der Waals surface area contributed by atoms with E-state index >= 15 is 0 Å². The number of hydrogen-bond donors (Lipinski definition) is 2. The van der Waals surface area contributed by atoms with Crippen molar-refractivity contribution in [3.63, 3.8) is 0 Å². The minimum Gasteiger partial charge on any atom is -0.396 e. The third-order valence-electron chi connectivity index (χ3n) is 2.76. The molecule has 1 rings (SSSR count). The van der Waals surface area contributed by atoms with E-state index in [1.165, 1.54) is 6.20 Å². The van der Waals surface area contributed by atoms with E-state index in [-0.39, 0.29) is 5.41 Å². The molecule has 0 spiro atoms. The Kier molecular flexibility index (Phi) is 4.93. The summed E-state index contributed by atoms with van der Waals surface area (Å²) in [5.74, 6) is 0.625. The lowest BCUT2D eigenvalue weighted by Crippen LogP contribution is -2.25. The molecule has 0 saturated carbocycles. The highest BCUT2D eigenvalue weighted by Gasteiger charge is 2.17. The Morgan fingerprint density at radius 3 is 2.83 bits per heavy atom. The number of aromatic nitrogens is 1. The zero-order chi connectivity index (χ0) is 13.6. The van der Waals surface area contributed by atoms with Crippen LogP contribution in [0.5, 0.6) is 0 Å². The van der Waals surface area contributed by atoms with Gasteiger partial charge in [0.2, 0.25) is 0 Å². The molecule has 3 N–H and O–H groups in total. The number of pyridine rings is 1. The monoisotopic (exact) mass is 248 g/mol. The van der Waals surface area contributed by atoms with Crippen molar-refractivity contribution in [2.75, 3.05) is 31.3 Å². The molecular formula is C13H20N4O. The summed E-state index contributed by atoms with van der Waals surface area (Å²) in [6.07, 6.45) is 2.47. The Morgan fingerprint density at radius 1 is 1.56 bits per heavy atom. The number of nitrogens with zero attached hydrogens (tertiary/aromatic N) is 2. The molecule has 98 valence electrons. The van der Waals surface area contributed by atoms with Crippen LogP contribution in [-0.2, 0) is 4.74 Å². The molecule has 0 aromatic carbocycles. The minimum absolute atomic E-state index is 0.0953. The number of ether oxygens (including phenoxy) is 1. The van der Waals surface area contributed by atoms with Crippen LogP contribution in [0, 0.1) is 16.7 Å². The van der Waals surface area contributed by atoms with Crippen LogP contribution in [0.1, 0.15) is 25.8 Å². The molecule has 5 heteroatoms. The number of hydrogen-bond acceptors (Lipinski definition) is 5. The second-order valence-electron chi connectivity index (χ2n) is 5.03. The normalized spacial score (nSPS) is 11.0. The van der Waals surface area contributed by atoms with Gasteiger partial charge in [-0.15, -0.1) is 0 Å². The topological polar surface area (TPSA) is 84.0 Å². The number of anilines is 2. The third-order valence-corrected chi connectivity index (χ3v) is 2.76. The van der Waals surface area contributed by atoms with Crippen LogP contribution in [0.25, 0.3) is 0 Å². The van der Waals surface area contributed by atoms with E-state index < -0.39 is 0 Å². The van der Waals surface area contributed by atoms with Crippen molar-refractivity contribution in [2.45, 2.75) is 20.3 Å². The Labute approximate surface area is 108 Å². The molecule has 0 aliphatic rings. The van der Waals surface area contributed by atoms with E-state index in [1.54, 1.807) is 13.2 Å². The number of rotatable bonds is 6. The smallest absolute Gasteiger partial charge is 0.149 e. The fraction of sp³-hybridized carbons (Fsp3) is 0.538. The first-order chi connectivity index (χ1) is 8.48. The SMILES string of the molecule is COCCC(C)(C)CNc1ncc(C#N)cc1N. The van der Waals surface area contributed by atoms with Crippen molar-refractivity contribution in [2.24, 2.45) is 5.41 Å². The maximum Gasteiger partial charge on any atom is 0.149 e. The fourth-order valence-corrected chi connectivity index (χ4v) is 1.48. The second-order valence-corrected chi connectivity index (χ2v) is 5.03. The fourth-order valence-electron chi connectivity index (χ4n) is 1.48. The predicted molar refractivity (Wildman–Crippen MR) is 72.1 cm³/mol. The molecule has 5 nitrogen and oxygen atoms in total. The number of nitrogen functional groups attached to an aromatic ring is 1. The molecule has 0 radical (unpaired) electrons. The van der Waals surface area contributed by atoms with Gasteiger partial charge >= 0.3 is 0 Å². The first-order valence-corrected chi connectivity index (χ1v) is 5.87. The highest BCUT2D eigenvalue weighted by Crippen LogP contribution is 2.23. The quantitative estimate of drug-likeness (QED) is 0.804. The van der Waals surface area contributed by atoms with Crippen LogP contribution in [-0.4, -0.2) is 25.2 Å². The van der Waals surface area contributed by atoms with E-state index in [1.807, 2.05) is 6.07 Å². The highest BCUT2D eigenvalue weighted by molar-refractivity contribution is 5.63. The molecule has 0 saturated heterocycles. The lowest BCUT2D eigenvalue weighted by atomic mass is 9.90. The zero-order valence-electron chi connectivity index (χ0n) is 11.2. The Morgan fingerprint density at radius 2 is 2.28 bits per heavy atom. The summed E-state index contributed by atoms with van der Waals surface area (Å²) in [7, 11) is 1.70. The summed E-state index contributed by atoms with van der Waals surface area (Å²) < 4.78 is 5.08. The Hall–Kier alpha value is -1.80. The van der Waals surface area contributed by atoms with Crippen LogP contribution in [0.4, 0.5) is 11.5 Å². The van der Waals surface area contributed by atoms with Gasteiger partial charge in [-0.3, -0.25) is 0 Å². The van der Waals surface area contributed by atoms with Gasteiger partial charge in [0.15, 0.2) is 0 Å². The maximum atomic E-state index is 8.73. The maximum absolute atomic E-state index is 8.73. The minimum atomic E-state index is 0.0953. The van der Waals surface area contributed by atoms with Gasteiger partial charge in [0.25, 0.3) is 0 Å². The van der Waals surface area contributed by atoms with E-state index in [2.05, 4.69) is 24.1 Å². The number of nitriles is 1. The molecule has 1 heterocycles. The van der Waals surface area contributed by atoms with E-state index in [0.29, 0.717) is 17.1 Å². The number of nitrogens with two attached hydrogens (primary N) is 1. The van der Waals surface area contributed by atoms with Crippen LogP contribution >= 0.6 is 0 Å². The van der Waals surface area contributed by atoms with Crippen molar-refractivity contribution in [1.82, 2.24) is 4.98 Å². The van der Waals surface area contributed by atoms with Gasteiger partial charge in [-0.25, -0.2) is 4.98 Å². The van der Waals surface area contributed by atoms with Gasteiger partial charge in [-0.05, 0) is 17.9 Å². The molecule has 0 atom stereocenters. The molecule has 0 bridgehead atoms. The van der Waals surface area contributed by atoms with Gasteiger partial charge in [0.05, 0.1) is 11.3 Å². The summed E-state index contributed by atoms with van der Waals surface area (Å²) in [6, 6.07) is 3.63. The molecule has 0 aliphatic heterocycles. The molecule has 1 aromatic rings. The van der Waals surface area contributed by atoms with E-state index in [0.717, 1.165) is 19.6 Å². The molecule has 0 unspecified atom stereocenters. The van der Waals surface area contributed by atoms with Gasteiger partial charge in [0.1, 0.15) is 11.9 Å². The number of methoxy groups -OCH3 is 1. The van der Waals surface area contributed by atoms with Crippen molar-refractivity contribution in [3.05, 3.63) is 17.8 Å². The van der Waals surface area contributed by atoms with Crippen molar-refractivity contribution in [1.29, 1.82) is 5.26 Å². The largest absolute Gasteiger partial charge is 0.396 e. The summed E-state index contributed by atoms with van der Waals surface area (Å²) in [5.41, 5.74) is 6.89.